The van der Waals surface area contributed by atoms with Gasteiger partial charge in [-0.05, 0) is 36.4 Å². The first-order valence-electron chi connectivity index (χ1n) is 8.70. The second kappa shape index (κ2) is 9.29. The first-order chi connectivity index (χ1) is 13.2. The van der Waals surface area contributed by atoms with Crippen LogP contribution in [0.1, 0.15) is 21.6 Å². The molecule has 2 aromatic rings. The van der Waals surface area contributed by atoms with E-state index < -0.39 is 17.6 Å². The van der Waals surface area contributed by atoms with E-state index in [1.807, 2.05) is 41.9 Å². The Kier molecular flexibility index (Phi) is 7.08. The van der Waals surface area contributed by atoms with Crippen molar-refractivity contribution in [1.82, 2.24) is 20.1 Å². The van der Waals surface area contributed by atoms with Crippen LogP contribution < -0.4 is 10.6 Å². The van der Waals surface area contributed by atoms with E-state index in [0.717, 1.165) is 30.0 Å². The molecule has 1 heterocycles. The second-order valence-corrected chi connectivity index (χ2v) is 6.27. The van der Waals surface area contributed by atoms with Gasteiger partial charge in [0.2, 0.25) is 0 Å². The van der Waals surface area contributed by atoms with Crippen LogP contribution in [-0.4, -0.2) is 48.5 Å². The first-order valence-corrected chi connectivity index (χ1v) is 8.70. The maximum Gasteiger partial charge on any atom is 0.416 e. The summed E-state index contributed by atoms with van der Waals surface area (Å²) in [6, 6.07) is 8.11. The summed E-state index contributed by atoms with van der Waals surface area (Å²) in [6.45, 7) is 1.40. The number of hydrogen-bond acceptors (Lipinski definition) is 2. The van der Waals surface area contributed by atoms with Gasteiger partial charge in [-0.25, -0.2) is 0 Å². The number of nitrogens with one attached hydrogen (secondary N) is 2. The van der Waals surface area contributed by atoms with Crippen LogP contribution in [-0.2, 0) is 19.8 Å². The van der Waals surface area contributed by atoms with E-state index >= 15 is 0 Å². The zero-order chi connectivity index (χ0) is 20.7. The van der Waals surface area contributed by atoms with Gasteiger partial charge in [0, 0.05) is 51.7 Å². The number of hydrogen-bond donors (Lipinski definition) is 2. The SMILES string of the molecule is CN=C(NCCNC(=O)c1ccc(C(F)(F)F)cc1)N(C)Cc1cccn1C. The third-order valence-electron chi connectivity index (χ3n) is 4.19. The summed E-state index contributed by atoms with van der Waals surface area (Å²) < 4.78 is 39.7. The molecule has 1 aromatic heterocycles. The highest BCUT2D eigenvalue weighted by atomic mass is 19.4. The molecule has 1 aromatic carbocycles. The molecule has 152 valence electrons. The van der Waals surface area contributed by atoms with Gasteiger partial charge in [-0.3, -0.25) is 9.79 Å². The Morgan fingerprint density at radius 2 is 1.79 bits per heavy atom. The molecule has 0 spiro atoms. The van der Waals surface area contributed by atoms with E-state index in [1.165, 1.54) is 0 Å². The van der Waals surface area contributed by atoms with Crippen molar-refractivity contribution >= 4 is 11.9 Å². The van der Waals surface area contributed by atoms with E-state index in [-0.39, 0.29) is 5.56 Å². The maximum absolute atomic E-state index is 12.6. The summed E-state index contributed by atoms with van der Waals surface area (Å²) in [5.74, 6) is 0.243. The Morgan fingerprint density at radius 3 is 2.32 bits per heavy atom. The molecular formula is C19H24F3N5O. The molecule has 0 bridgehead atoms. The third kappa shape index (κ3) is 5.77. The van der Waals surface area contributed by atoms with Crippen molar-refractivity contribution in [1.29, 1.82) is 0 Å². The first kappa shape index (κ1) is 21.3. The van der Waals surface area contributed by atoms with Crippen molar-refractivity contribution in [3.05, 3.63) is 59.4 Å². The Hall–Kier alpha value is -2.97. The molecule has 0 aliphatic rings. The predicted octanol–water partition coefficient (Wildman–Crippen LogP) is 2.48. The van der Waals surface area contributed by atoms with Crippen LogP contribution >= 0.6 is 0 Å². The molecule has 9 heteroatoms. The van der Waals surface area contributed by atoms with E-state index in [0.29, 0.717) is 25.6 Å². The normalized spacial score (nSPS) is 12.0. The summed E-state index contributed by atoms with van der Waals surface area (Å²) >= 11 is 0. The molecular weight excluding hydrogens is 371 g/mol. The molecule has 0 atom stereocenters. The molecule has 0 aliphatic carbocycles. The molecule has 2 rings (SSSR count). The fourth-order valence-electron chi connectivity index (χ4n) is 2.63. The van der Waals surface area contributed by atoms with Crippen LogP contribution in [0.15, 0.2) is 47.6 Å². The number of aliphatic imine (C=N–C) groups is 1. The minimum absolute atomic E-state index is 0.179. The van der Waals surface area contributed by atoms with Crippen LogP contribution in [0.3, 0.4) is 0 Å². The minimum Gasteiger partial charge on any atom is -0.354 e. The zero-order valence-electron chi connectivity index (χ0n) is 16.0. The fourth-order valence-corrected chi connectivity index (χ4v) is 2.63. The van der Waals surface area contributed by atoms with Crippen molar-refractivity contribution in [2.45, 2.75) is 12.7 Å². The van der Waals surface area contributed by atoms with E-state index in [2.05, 4.69) is 15.6 Å². The number of nitrogens with zero attached hydrogens (tertiary/aromatic N) is 3. The van der Waals surface area contributed by atoms with Gasteiger partial charge in [0.15, 0.2) is 5.96 Å². The lowest BCUT2D eigenvalue weighted by Crippen LogP contribution is -2.42. The second-order valence-electron chi connectivity index (χ2n) is 6.27. The van der Waals surface area contributed by atoms with Crippen molar-refractivity contribution in [2.24, 2.45) is 12.0 Å². The van der Waals surface area contributed by atoms with Gasteiger partial charge in [-0.2, -0.15) is 13.2 Å². The average molecular weight is 395 g/mol. The molecule has 0 fully saturated rings. The van der Waals surface area contributed by atoms with Crippen molar-refractivity contribution in [3.63, 3.8) is 0 Å². The molecule has 0 radical (unpaired) electrons. The number of guanidine groups is 1. The van der Waals surface area contributed by atoms with Gasteiger partial charge >= 0.3 is 6.18 Å². The Morgan fingerprint density at radius 1 is 1.14 bits per heavy atom. The van der Waals surface area contributed by atoms with Gasteiger partial charge in [-0.15, -0.1) is 0 Å². The molecule has 0 unspecified atom stereocenters. The fraction of sp³-hybridized carbons (Fsp3) is 0.368. The maximum atomic E-state index is 12.6. The average Bonchev–Trinajstić information content (AvgIpc) is 3.05. The number of alkyl halides is 3. The number of halogens is 3. The largest absolute Gasteiger partial charge is 0.416 e. The number of rotatable bonds is 6. The highest BCUT2D eigenvalue weighted by Crippen LogP contribution is 2.29. The van der Waals surface area contributed by atoms with Gasteiger partial charge in [0.05, 0.1) is 12.1 Å². The quantitative estimate of drug-likeness (QED) is 0.449. The van der Waals surface area contributed by atoms with Crippen LogP contribution in [0.4, 0.5) is 13.2 Å². The lowest BCUT2D eigenvalue weighted by molar-refractivity contribution is -0.137. The Balaban J connectivity index is 1.79. The van der Waals surface area contributed by atoms with Crippen LogP contribution in [0.25, 0.3) is 0 Å². The molecule has 0 saturated carbocycles. The summed E-state index contributed by atoms with van der Waals surface area (Å²) in [5.41, 5.74) is 0.523. The standard InChI is InChI=1S/C19H24F3N5O/c1-23-18(27(3)13-16-5-4-12-26(16)2)25-11-10-24-17(28)14-6-8-15(9-7-14)19(20,21)22/h4-9,12H,10-11,13H2,1-3H3,(H,23,25)(H,24,28). The van der Waals surface area contributed by atoms with Crippen molar-refractivity contribution in [2.75, 3.05) is 27.2 Å². The summed E-state index contributed by atoms with van der Waals surface area (Å²) in [6.07, 6.45) is -2.45. The highest BCUT2D eigenvalue weighted by Gasteiger charge is 2.30. The molecule has 6 nitrogen and oxygen atoms in total. The lowest BCUT2D eigenvalue weighted by atomic mass is 10.1. The molecule has 28 heavy (non-hydrogen) atoms. The van der Waals surface area contributed by atoms with E-state index in [9.17, 15) is 18.0 Å². The number of amides is 1. The summed E-state index contributed by atoms with van der Waals surface area (Å²) in [5, 5.41) is 5.81. The molecule has 0 saturated heterocycles. The Labute approximate surface area is 162 Å². The van der Waals surface area contributed by atoms with Gasteiger partial charge in [-0.1, -0.05) is 0 Å². The minimum atomic E-state index is -4.42. The summed E-state index contributed by atoms with van der Waals surface area (Å²) in [4.78, 5) is 18.2. The van der Waals surface area contributed by atoms with Gasteiger partial charge in [0.1, 0.15) is 0 Å². The van der Waals surface area contributed by atoms with E-state index in [1.54, 1.807) is 7.05 Å². The highest BCUT2D eigenvalue weighted by molar-refractivity contribution is 5.94. The number of aromatic nitrogens is 1. The topological polar surface area (TPSA) is 61.7 Å². The third-order valence-corrected chi connectivity index (χ3v) is 4.19. The number of aryl methyl sites for hydroxylation is 1. The summed E-state index contributed by atoms with van der Waals surface area (Å²) in [7, 11) is 5.55. The smallest absolute Gasteiger partial charge is 0.354 e. The van der Waals surface area contributed by atoms with Crippen LogP contribution in [0.5, 0.6) is 0 Å². The van der Waals surface area contributed by atoms with Crippen LogP contribution in [0, 0.1) is 0 Å². The molecule has 2 N–H and O–H groups in total. The van der Waals surface area contributed by atoms with Crippen LogP contribution in [0.2, 0.25) is 0 Å². The predicted molar refractivity (Wildman–Crippen MR) is 102 cm³/mol. The van der Waals surface area contributed by atoms with Crippen molar-refractivity contribution < 1.29 is 18.0 Å². The lowest BCUT2D eigenvalue weighted by Gasteiger charge is -2.22. The van der Waals surface area contributed by atoms with Crippen molar-refractivity contribution in [3.8, 4) is 0 Å². The van der Waals surface area contributed by atoms with Gasteiger partial charge < -0.3 is 20.1 Å². The van der Waals surface area contributed by atoms with E-state index in [4.69, 9.17) is 0 Å². The number of carbonyl (C=O) groups excluding carboxylic acids is 1. The number of benzene rings is 1. The number of carbonyl (C=O) groups is 1. The monoisotopic (exact) mass is 395 g/mol. The molecule has 1 amide bonds. The Bertz CT molecular complexity index is 812. The van der Waals surface area contributed by atoms with Gasteiger partial charge in [0.25, 0.3) is 5.91 Å². The molecule has 0 aliphatic heterocycles. The zero-order valence-corrected chi connectivity index (χ0v) is 16.0.